The molecular weight excluding hydrogens is 278 g/mol. The minimum Gasteiger partial charge on any atom is -0.435 e. The Bertz CT molecular complexity index is 596. The highest BCUT2D eigenvalue weighted by Gasteiger charge is 2.15. The fraction of sp³-hybridized carbons (Fsp3) is 0.357. The second kappa shape index (κ2) is 6.09. The first-order chi connectivity index (χ1) is 10.2. The van der Waals surface area contributed by atoms with E-state index in [1.165, 1.54) is 6.07 Å². The van der Waals surface area contributed by atoms with Gasteiger partial charge in [0.15, 0.2) is 0 Å². The number of nitrogens with zero attached hydrogens (tertiary/aromatic N) is 1. The first-order valence-corrected chi connectivity index (χ1v) is 6.78. The van der Waals surface area contributed by atoms with Crippen LogP contribution in [0.15, 0.2) is 30.3 Å². The zero-order chi connectivity index (χ0) is 14.7. The van der Waals surface area contributed by atoms with Gasteiger partial charge in [-0.15, -0.1) is 0 Å². The predicted octanol–water partition coefficient (Wildman–Crippen LogP) is 2.45. The summed E-state index contributed by atoms with van der Waals surface area (Å²) in [4.78, 5) is 0. The summed E-state index contributed by atoms with van der Waals surface area (Å²) in [5.41, 5.74) is 1.50. The maximum absolute atomic E-state index is 12.2. The maximum Gasteiger partial charge on any atom is 0.387 e. The van der Waals surface area contributed by atoms with Crippen LogP contribution in [0.2, 0.25) is 0 Å². The summed E-state index contributed by atoms with van der Waals surface area (Å²) >= 11 is 0. The fourth-order valence-corrected chi connectivity index (χ4v) is 2.37. The molecule has 0 radical (unpaired) electrons. The number of nitrogens with one attached hydrogen (secondary N) is 3. The Morgan fingerprint density at radius 3 is 3.00 bits per heavy atom. The Kier molecular flexibility index (Phi) is 4.01. The lowest BCUT2D eigenvalue weighted by molar-refractivity contribution is -0.0498. The minimum atomic E-state index is -2.82. The molecule has 1 fully saturated rings. The minimum absolute atomic E-state index is 0.131. The summed E-state index contributed by atoms with van der Waals surface area (Å²) in [6.07, 6.45) is 1.06. The van der Waals surface area contributed by atoms with Crippen LogP contribution in [-0.4, -0.2) is 35.9 Å². The van der Waals surface area contributed by atoms with Crippen molar-refractivity contribution in [2.45, 2.75) is 19.1 Å². The smallest absolute Gasteiger partial charge is 0.387 e. The van der Waals surface area contributed by atoms with Crippen LogP contribution in [-0.2, 0) is 0 Å². The summed E-state index contributed by atoms with van der Waals surface area (Å²) in [7, 11) is 0. The van der Waals surface area contributed by atoms with E-state index in [2.05, 4.69) is 25.6 Å². The average molecular weight is 294 g/mol. The van der Waals surface area contributed by atoms with Gasteiger partial charge in [-0.05, 0) is 25.1 Å². The molecule has 1 unspecified atom stereocenters. The number of alkyl halides is 2. The highest BCUT2D eigenvalue weighted by Crippen LogP contribution is 2.25. The van der Waals surface area contributed by atoms with E-state index in [9.17, 15) is 8.78 Å². The van der Waals surface area contributed by atoms with Crippen molar-refractivity contribution >= 4 is 5.82 Å². The lowest BCUT2D eigenvalue weighted by Gasteiger charge is -2.08. The van der Waals surface area contributed by atoms with Crippen LogP contribution < -0.4 is 15.4 Å². The molecule has 1 aliphatic heterocycles. The summed E-state index contributed by atoms with van der Waals surface area (Å²) in [6.45, 7) is -0.906. The van der Waals surface area contributed by atoms with Crippen molar-refractivity contribution in [3.05, 3.63) is 30.3 Å². The largest absolute Gasteiger partial charge is 0.435 e. The first kappa shape index (κ1) is 13.8. The van der Waals surface area contributed by atoms with Crippen LogP contribution in [0.4, 0.5) is 14.6 Å². The Balaban J connectivity index is 1.73. The maximum atomic E-state index is 12.2. The Morgan fingerprint density at radius 1 is 1.33 bits per heavy atom. The number of ether oxygens (including phenoxy) is 1. The standard InChI is InChI=1S/C14H16F2N4O/c15-14(16)21-11-3-1-2-9(6-11)12-7-13(20-19-12)18-10-4-5-17-8-10/h1-3,6-7,10,14,17H,4-5,8H2,(H2,18,19,20). The second-order valence-corrected chi connectivity index (χ2v) is 4.91. The van der Waals surface area contributed by atoms with Gasteiger partial charge in [0.1, 0.15) is 11.6 Å². The van der Waals surface area contributed by atoms with Crippen LogP contribution in [0.5, 0.6) is 5.75 Å². The normalized spacial score (nSPS) is 18.1. The van der Waals surface area contributed by atoms with Crippen LogP contribution in [0.25, 0.3) is 11.3 Å². The molecule has 2 heterocycles. The molecule has 7 heteroatoms. The molecule has 1 aromatic heterocycles. The molecule has 2 aromatic rings. The van der Waals surface area contributed by atoms with E-state index >= 15 is 0 Å². The second-order valence-electron chi connectivity index (χ2n) is 4.91. The van der Waals surface area contributed by atoms with Gasteiger partial charge in [0.2, 0.25) is 0 Å². The van der Waals surface area contributed by atoms with Crippen molar-refractivity contribution in [3.8, 4) is 17.0 Å². The highest BCUT2D eigenvalue weighted by atomic mass is 19.3. The van der Waals surface area contributed by atoms with Gasteiger partial charge in [-0.2, -0.15) is 13.9 Å². The topological polar surface area (TPSA) is 62.0 Å². The lowest BCUT2D eigenvalue weighted by Crippen LogP contribution is -2.22. The third-order valence-electron chi connectivity index (χ3n) is 3.36. The van der Waals surface area contributed by atoms with E-state index in [0.717, 1.165) is 36.6 Å². The predicted molar refractivity (Wildman–Crippen MR) is 75.6 cm³/mol. The number of hydrogen-bond acceptors (Lipinski definition) is 4. The number of halogens is 2. The van der Waals surface area contributed by atoms with E-state index in [4.69, 9.17) is 0 Å². The molecule has 112 valence electrons. The fourth-order valence-electron chi connectivity index (χ4n) is 2.37. The molecule has 1 aliphatic rings. The van der Waals surface area contributed by atoms with Crippen molar-refractivity contribution in [1.29, 1.82) is 0 Å². The van der Waals surface area contributed by atoms with Crippen molar-refractivity contribution in [2.75, 3.05) is 18.4 Å². The van der Waals surface area contributed by atoms with Crippen LogP contribution in [0.3, 0.4) is 0 Å². The van der Waals surface area contributed by atoms with Gasteiger partial charge >= 0.3 is 6.61 Å². The molecule has 3 rings (SSSR count). The van der Waals surface area contributed by atoms with Gasteiger partial charge in [-0.3, -0.25) is 5.10 Å². The Labute approximate surface area is 120 Å². The number of hydrogen-bond donors (Lipinski definition) is 3. The van der Waals surface area contributed by atoms with Crippen molar-refractivity contribution < 1.29 is 13.5 Å². The summed E-state index contributed by atoms with van der Waals surface area (Å²) in [6, 6.07) is 8.76. The van der Waals surface area contributed by atoms with Crippen molar-refractivity contribution in [1.82, 2.24) is 15.5 Å². The van der Waals surface area contributed by atoms with Gasteiger partial charge < -0.3 is 15.4 Å². The molecule has 5 nitrogen and oxygen atoms in total. The van der Waals surface area contributed by atoms with Crippen LogP contribution >= 0.6 is 0 Å². The molecule has 1 atom stereocenters. The van der Waals surface area contributed by atoms with E-state index in [-0.39, 0.29) is 5.75 Å². The highest BCUT2D eigenvalue weighted by molar-refractivity contribution is 5.64. The van der Waals surface area contributed by atoms with Crippen LogP contribution in [0, 0.1) is 0 Å². The first-order valence-electron chi connectivity index (χ1n) is 6.78. The molecule has 21 heavy (non-hydrogen) atoms. The number of aromatic nitrogens is 2. The summed E-state index contributed by atoms with van der Waals surface area (Å²) in [5.74, 6) is 0.880. The molecule has 1 saturated heterocycles. The Morgan fingerprint density at radius 2 is 2.24 bits per heavy atom. The SMILES string of the molecule is FC(F)Oc1cccc(-c2cc(NC3CCNC3)n[nH]2)c1. The average Bonchev–Trinajstić information content (AvgIpc) is 3.10. The molecule has 3 N–H and O–H groups in total. The van der Waals surface area contributed by atoms with E-state index in [1.807, 2.05) is 12.1 Å². The molecule has 0 bridgehead atoms. The van der Waals surface area contributed by atoms with Crippen LogP contribution in [0.1, 0.15) is 6.42 Å². The zero-order valence-electron chi connectivity index (χ0n) is 11.3. The molecule has 0 amide bonds. The third-order valence-corrected chi connectivity index (χ3v) is 3.36. The monoisotopic (exact) mass is 294 g/mol. The van der Waals surface area contributed by atoms with Gasteiger partial charge in [0.25, 0.3) is 0 Å². The van der Waals surface area contributed by atoms with E-state index in [0.29, 0.717) is 6.04 Å². The number of aromatic amines is 1. The zero-order valence-corrected chi connectivity index (χ0v) is 11.3. The quantitative estimate of drug-likeness (QED) is 0.792. The molecular formula is C14H16F2N4O. The van der Waals surface area contributed by atoms with Gasteiger partial charge in [-0.25, -0.2) is 0 Å². The van der Waals surface area contributed by atoms with E-state index in [1.54, 1.807) is 12.1 Å². The Hall–Kier alpha value is -2.15. The summed E-state index contributed by atoms with van der Waals surface area (Å²) in [5, 5.41) is 13.7. The number of rotatable bonds is 5. The number of benzene rings is 1. The number of H-pyrrole nitrogens is 1. The molecule has 1 aromatic carbocycles. The van der Waals surface area contributed by atoms with Gasteiger partial charge in [0.05, 0.1) is 5.69 Å². The number of anilines is 1. The van der Waals surface area contributed by atoms with E-state index < -0.39 is 6.61 Å². The molecule has 0 aliphatic carbocycles. The van der Waals surface area contributed by atoms with Gasteiger partial charge in [-0.1, -0.05) is 12.1 Å². The van der Waals surface area contributed by atoms with Crippen molar-refractivity contribution in [2.24, 2.45) is 0 Å². The molecule has 0 saturated carbocycles. The summed E-state index contributed by atoms with van der Waals surface area (Å²) < 4.78 is 28.9. The third kappa shape index (κ3) is 3.49. The van der Waals surface area contributed by atoms with Gasteiger partial charge in [0, 0.05) is 24.2 Å². The van der Waals surface area contributed by atoms with Crippen molar-refractivity contribution in [3.63, 3.8) is 0 Å². The molecule has 0 spiro atoms. The lowest BCUT2D eigenvalue weighted by atomic mass is 10.1.